The summed E-state index contributed by atoms with van der Waals surface area (Å²) < 4.78 is 23.2. The molecule has 3 aromatic heterocycles. The fraction of sp³-hybridized carbons (Fsp3) is 0.320. The first kappa shape index (κ1) is 24.2. The van der Waals surface area contributed by atoms with Crippen LogP contribution in [0.2, 0.25) is 0 Å². The monoisotopic (exact) mass is 504 g/mol. The van der Waals surface area contributed by atoms with Gasteiger partial charge in [0.15, 0.2) is 0 Å². The lowest BCUT2D eigenvalue weighted by molar-refractivity contribution is -0.142. The van der Waals surface area contributed by atoms with Crippen molar-refractivity contribution in [3.63, 3.8) is 0 Å². The fourth-order valence-corrected chi connectivity index (χ4v) is 3.95. The minimum absolute atomic E-state index is 0.0812. The van der Waals surface area contributed by atoms with Crippen molar-refractivity contribution in [1.29, 1.82) is 0 Å². The number of benzene rings is 1. The van der Waals surface area contributed by atoms with Crippen molar-refractivity contribution in [3.8, 4) is 17.2 Å². The van der Waals surface area contributed by atoms with Crippen LogP contribution in [0.3, 0.4) is 0 Å². The van der Waals surface area contributed by atoms with E-state index in [1.54, 1.807) is 38.4 Å². The molecular weight excluding hydrogens is 479 g/mol. The second-order valence-corrected chi connectivity index (χ2v) is 9.06. The fourth-order valence-electron chi connectivity index (χ4n) is 3.95. The smallest absolute Gasteiger partial charge is 0.302 e. The van der Waals surface area contributed by atoms with E-state index in [2.05, 4.69) is 30.8 Å². The number of rotatable bonds is 8. The van der Waals surface area contributed by atoms with E-state index < -0.39 is 17.7 Å². The minimum Gasteiger partial charge on any atom is -0.464 e. The molecule has 0 unspecified atom stereocenters. The molecule has 1 saturated carbocycles. The molecule has 1 N–H and O–H groups in total. The number of amides is 1. The van der Waals surface area contributed by atoms with Crippen LogP contribution in [0.5, 0.6) is 0 Å². The van der Waals surface area contributed by atoms with Crippen LogP contribution in [0.15, 0.2) is 42.9 Å². The normalized spacial score (nSPS) is 13.8. The largest absolute Gasteiger partial charge is 0.464 e. The Morgan fingerprint density at radius 2 is 2.08 bits per heavy atom. The number of nitrogens with zero attached hydrogens (tertiary/aromatic N) is 7. The number of hydrogen-bond acceptors (Lipinski definition) is 8. The number of hydrogen-bond donors (Lipinski definition) is 1. The number of carbonyl (C=O) groups excluding carboxylic acids is 2. The average Bonchev–Trinajstić information content (AvgIpc) is 3.38. The first-order chi connectivity index (χ1) is 17.8. The number of carbonyl (C=O) groups is 2. The van der Waals surface area contributed by atoms with Gasteiger partial charge in [0, 0.05) is 19.0 Å². The van der Waals surface area contributed by atoms with Crippen LogP contribution in [0, 0.1) is 12.7 Å². The standard InChI is InChI=1S/C25H25FN8O3/c1-14-9-19(26)18(10-22(14)33-11-21(27-13-33)17-7-8-17)25(36)29-23-6-4-5-20(28-23)24-30-31-32-34(24)15(2)12-37-16(3)35/h4-6,9-11,13,15,17H,7-8,12H2,1-3H3,(H,28,29,36)/t15-/m1/s1. The minimum atomic E-state index is -0.645. The molecule has 1 aromatic carbocycles. The van der Waals surface area contributed by atoms with E-state index >= 15 is 0 Å². The van der Waals surface area contributed by atoms with E-state index in [0.29, 0.717) is 28.7 Å². The van der Waals surface area contributed by atoms with Gasteiger partial charge in [-0.25, -0.2) is 19.0 Å². The summed E-state index contributed by atoms with van der Waals surface area (Å²) in [5.41, 5.74) is 2.63. The highest BCUT2D eigenvalue weighted by molar-refractivity contribution is 6.04. The lowest BCUT2D eigenvalue weighted by Crippen LogP contribution is -2.18. The van der Waals surface area contributed by atoms with Crippen LogP contribution in [0.4, 0.5) is 10.2 Å². The van der Waals surface area contributed by atoms with Gasteiger partial charge in [-0.15, -0.1) is 5.10 Å². The number of nitrogens with one attached hydrogen (secondary N) is 1. The maximum absolute atomic E-state index is 14.8. The summed E-state index contributed by atoms with van der Waals surface area (Å²) in [6, 6.07) is 7.44. The van der Waals surface area contributed by atoms with Gasteiger partial charge in [0.25, 0.3) is 5.91 Å². The van der Waals surface area contributed by atoms with Crippen LogP contribution < -0.4 is 5.32 Å². The first-order valence-corrected chi connectivity index (χ1v) is 11.8. The molecule has 0 radical (unpaired) electrons. The number of pyridine rings is 1. The molecule has 1 amide bonds. The van der Waals surface area contributed by atoms with Gasteiger partial charge in [0.2, 0.25) is 5.82 Å². The summed E-state index contributed by atoms with van der Waals surface area (Å²) in [5, 5.41) is 14.3. The number of aromatic nitrogens is 7. The maximum atomic E-state index is 14.8. The number of aryl methyl sites for hydroxylation is 1. The third-order valence-corrected chi connectivity index (χ3v) is 6.06. The molecule has 1 fully saturated rings. The zero-order chi connectivity index (χ0) is 26.1. The summed E-state index contributed by atoms with van der Waals surface area (Å²) in [4.78, 5) is 33.1. The zero-order valence-corrected chi connectivity index (χ0v) is 20.6. The van der Waals surface area contributed by atoms with Gasteiger partial charge in [-0.05, 0) is 66.9 Å². The molecule has 11 nitrogen and oxygen atoms in total. The van der Waals surface area contributed by atoms with E-state index in [9.17, 15) is 14.0 Å². The summed E-state index contributed by atoms with van der Waals surface area (Å²) in [6.45, 7) is 4.98. The van der Waals surface area contributed by atoms with Crippen molar-refractivity contribution in [3.05, 3.63) is 65.5 Å². The average molecular weight is 505 g/mol. The van der Waals surface area contributed by atoms with Gasteiger partial charge in [0.1, 0.15) is 23.9 Å². The van der Waals surface area contributed by atoms with Gasteiger partial charge in [-0.1, -0.05) is 6.07 Å². The van der Waals surface area contributed by atoms with Gasteiger partial charge < -0.3 is 14.6 Å². The van der Waals surface area contributed by atoms with Crippen molar-refractivity contribution >= 4 is 17.7 Å². The lowest BCUT2D eigenvalue weighted by atomic mass is 10.1. The Kier molecular flexibility index (Phi) is 6.47. The summed E-state index contributed by atoms with van der Waals surface area (Å²) in [5.74, 6) is -0.689. The summed E-state index contributed by atoms with van der Waals surface area (Å²) in [7, 11) is 0. The van der Waals surface area contributed by atoms with Crippen LogP contribution in [0.1, 0.15) is 60.3 Å². The Balaban J connectivity index is 1.37. The number of ether oxygens (including phenoxy) is 1. The molecule has 37 heavy (non-hydrogen) atoms. The van der Waals surface area contributed by atoms with Crippen LogP contribution in [0.25, 0.3) is 17.2 Å². The quantitative estimate of drug-likeness (QED) is 0.360. The zero-order valence-electron chi connectivity index (χ0n) is 20.6. The number of esters is 1. The molecule has 1 atom stereocenters. The molecule has 4 aromatic rings. The van der Waals surface area contributed by atoms with Crippen LogP contribution >= 0.6 is 0 Å². The van der Waals surface area contributed by atoms with Crippen LogP contribution in [-0.2, 0) is 9.53 Å². The lowest BCUT2D eigenvalue weighted by Gasteiger charge is -2.13. The molecule has 190 valence electrons. The summed E-state index contributed by atoms with van der Waals surface area (Å²) >= 11 is 0. The molecule has 1 aliphatic rings. The Labute approximate surface area is 211 Å². The van der Waals surface area contributed by atoms with E-state index in [4.69, 9.17) is 4.74 Å². The van der Waals surface area contributed by atoms with Crippen molar-refractivity contribution < 1.29 is 18.7 Å². The van der Waals surface area contributed by atoms with Crippen molar-refractivity contribution in [2.75, 3.05) is 11.9 Å². The molecule has 3 heterocycles. The van der Waals surface area contributed by atoms with Gasteiger partial charge in [-0.2, -0.15) is 0 Å². The Morgan fingerprint density at radius 1 is 1.27 bits per heavy atom. The van der Waals surface area contributed by atoms with E-state index in [0.717, 1.165) is 18.5 Å². The van der Waals surface area contributed by atoms with E-state index in [1.165, 1.54) is 23.7 Å². The molecular formula is C25H25FN8O3. The Morgan fingerprint density at radius 3 is 2.84 bits per heavy atom. The van der Waals surface area contributed by atoms with Crippen molar-refractivity contribution in [2.45, 2.75) is 45.6 Å². The second-order valence-electron chi connectivity index (χ2n) is 9.06. The summed E-state index contributed by atoms with van der Waals surface area (Å²) in [6.07, 6.45) is 5.86. The molecule has 0 bridgehead atoms. The molecule has 12 heteroatoms. The van der Waals surface area contributed by atoms with Crippen LogP contribution in [-0.4, -0.2) is 53.2 Å². The topological polar surface area (TPSA) is 130 Å². The molecule has 1 aliphatic carbocycles. The number of halogens is 1. The second kappa shape index (κ2) is 9.88. The molecule has 5 rings (SSSR count). The van der Waals surface area contributed by atoms with Gasteiger partial charge >= 0.3 is 5.97 Å². The highest BCUT2D eigenvalue weighted by Crippen LogP contribution is 2.39. The van der Waals surface area contributed by atoms with Crippen molar-refractivity contribution in [2.24, 2.45) is 0 Å². The number of imidazole rings is 1. The predicted octanol–water partition coefficient (Wildman–Crippen LogP) is 3.62. The predicted molar refractivity (Wildman–Crippen MR) is 131 cm³/mol. The van der Waals surface area contributed by atoms with Gasteiger partial charge in [0.05, 0.1) is 29.3 Å². The number of tetrazole rings is 1. The van der Waals surface area contributed by atoms with Gasteiger partial charge in [-0.3, -0.25) is 9.59 Å². The van der Waals surface area contributed by atoms with E-state index in [1.807, 2.05) is 10.8 Å². The highest BCUT2D eigenvalue weighted by atomic mass is 19.1. The molecule has 0 saturated heterocycles. The Bertz CT molecular complexity index is 1480. The Hall–Kier alpha value is -4.48. The van der Waals surface area contributed by atoms with E-state index in [-0.39, 0.29) is 24.0 Å². The maximum Gasteiger partial charge on any atom is 0.302 e. The molecule has 0 aliphatic heterocycles. The highest BCUT2D eigenvalue weighted by Gasteiger charge is 2.26. The third kappa shape index (κ3) is 5.22. The third-order valence-electron chi connectivity index (χ3n) is 6.06. The van der Waals surface area contributed by atoms with Crippen molar-refractivity contribution in [1.82, 2.24) is 34.7 Å². The molecule has 0 spiro atoms. The first-order valence-electron chi connectivity index (χ1n) is 11.8. The SMILES string of the molecule is CC(=O)OC[C@@H](C)n1nnnc1-c1cccc(NC(=O)c2cc(-n3cnc(C4CC4)c3)c(C)cc2F)n1. The number of anilines is 1.